The highest BCUT2D eigenvalue weighted by atomic mass is 19.1. The summed E-state index contributed by atoms with van der Waals surface area (Å²) in [6, 6.07) is 2.67. The second-order valence-electron chi connectivity index (χ2n) is 4.27. The third-order valence-electron chi connectivity index (χ3n) is 2.69. The standard InChI is InChI=1S/C14H11F3N2O2/c1-18(21)13(20)3-2-9-4-5-19(8-9)14-11(16)6-10(15)7-12(14)17/h2-8,21H,1H3/b3-2+. The third kappa shape index (κ3) is 3.32. The summed E-state index contributed by atoms with van der Waals surface area (Å²) < 4.78 is 41.2. The highest BCUT2D eigenvalue weighted by Gasteiger charge is 2.13. The van der Waals surface area contributed by atoms with Crippen molar-refractivity contribution in [3.05, 3.63) is 59.7 Å². The number of halogens is 3. The Labute approximate surface area is 118 Å². The van der Waals surface area contributed by atoms with Crippen LogP contribution in [0.25, 0.3) is 11.8 Å². The number of hydrogen-bond acceptors (Lipinski definition) is 2. The van der Waals surface area contributed by atoms with Gasteiger partial charge in [0, 0.05) is 37.7 Å². The molecule has 0 bridgehead atoms. The van der Waals surface area contributed by atoms with Crippen LogP contribution in [0, 0.1) is 17.5 Å². The van der Waals surface area contributed by atoms with Crippen LogP contribution >= 0.6 is 0 Å². The zero-order valence-electron chi connectivity index (χ0n) is 10.9. The van der Waals surface area contributed by atoms with Crippen LogP contribution in [-0.2, 0) is 4.79 Å². The Morgan fingerprint density at radius 3 is 2.48 bits per heavy atom. The van der Waals surface area contributed by atoms with Gasteiger partial charge in [0.05, 0.1) is 0 Å². The van der Waals surface area contributed by atoms with E-state index in [1.54, 1.807) is 0 Å². The van der Waals surface area contributed by atoms with E-state index in [9.17, 15) is 18.0 Å². The molecule has 2 rings (SSSR count). The van der Waals surface area contributed by atoms with Gasteiger partial charge < -0.3 is 4.57 Å². The van der Waals surface area contributed by atoms with Crippen LogP contribution in [0.2, 0.25) is 0 Å². The molecule has 2 aromatic rings. The summed E-state index contributed by atoms with van der Waals surface area (Å²) in [5.74, 6) is -3.73. The van der Waals surface area contributed by atoms with E-state index < -0.39 is 29.0 Å². The molecule has 1 aromatic heterocycles. The molecule has 0 radical (unpaired) electrons. The molecule has 0 atom stereocenters. The first kappa shape index (κ1) is 14.9. The van der Waals surface area contributed by atoms with Crippen LogP contribution in [-0.4, -0.2) is 27.8 Å². The van der Waals surface area contributed by atoms with Gasteiger partial charge in [-0.05, 0) is 17.7 Å². The van der Waals surface area contributed by atoms with Crippen LogP contribution in [0.5, 0.6) is 0 Å². The van der Waals surface area contributed by atoms with Crippen molar-refractivity contribution in [2.24, 2.45) is 0 Å². The smallest absolute Gasteiger partial charge is 0.269 e. The lowest BCUT2D eigenvalue weighted by atomic mass is 10.2. The fraction of sp³-hybridized carbons (Fsp3) is 0.0714. The number of aromatic nitrogens is 1. The number of benzene rings is 1. The topological polar surface area (TPSA) is 45.5 Å². The second-order valence-corrected chi connectivity index (χ2v) is 4.27. The summed E-state index contributed by atoms with van der Waals surface area (Å²) in [6.07, 6.45) is 5.19. The van der Waals surface area contributed by atoms with Gasteiger partial charge in [-0.25, -0.2) is 18.2 Å². The zero-order valence-corrected chi connectivity index (χ0v) is 10.9. The molecule has 0 aliphatic carbocycles. The molecule has 1 heterocycles. The number of nitrogens with zero attached hydrogens (tertiary/aromatic N) is 2. The SMILES string of the molecule is CN(O)C(=O)/C=C/c1ccn(-c2c(F)cc(F)cc2F)c1. The van der Waals surface area contributed by atoms with Crippen molar-refractivity contribution >= 4 is 12.0 Å². The van der Waals surface area contributed by atoms with Gasteiger partial charge in [0.25, 0.3) is 5.91 Å². The Morgan fingerprint density at radius 2 is 1.90 bits per heavy atom. The molecule has 7 heteroatoms. The van der Waals surface area contributed by atoms with Gasteiger partial charge in [0.15, 0.2) is 11.6 Å². The Morgan fingerprint density at radius 1 is 1.29 bits per heavy atom. The van der Waals surface area contributed by atoms with Gasteiger partial charge in [-0.3, -0.25) is 10.0 Å². The first-order valence-corrected chi connectivity index (χ1v) is 5.86. The van der Waals surface area contributed by atoms with Crippen molar-refractivity contribution in [3.8, 4) is 5.69 Å². The third-order valence-corrected chi connectivity index (χ3v) is 2.69. The Balaban J connectivity index is 2.31. The van der Waals surface area contributed by atoms with E-state index in [4.69, 9.17) is 5.21 Å². The summed E-state index contributed by atoms with van der Waals surface area (Å²) in [4.78, 5) is 11.2. The molecule has 0 saturated carbocycles. The number of carbonyl (C=O) groups excluding carboxylic acids is 1. The summed E-state index contributed by atoms with van der Waals surface area (Å²) >= 11 is 0. The minimum Gasteiger partial charge on any atom is -0.318 e. The average Bonchev–Trinajstić information content (AvgIpc) is 2.83. The predicted octanol–water partition coefficient (Wildman–Crippen LogP) is 2.76. The van der Waals surface area contributed by atoms with Gasteiger partial charge in [-0.2, -0.15) is 0 Å². The van der Waals surface area contributed by atoms with Crippen molar-refractivity contribution in [1.29, 1.82) is 0 Å². The lowest BCUT2D eigenvalue weighted by molar-refractivity contribution is -0.153. The number of rotatable bonds is 3. The van der Waals surface area contributed by atoms with Gasteiger partial charge in [-0.15, -0.1) is 0 Å². The van der Waals surface area contributed by atoms with Crippen LogP contribution in [0.3, 0.4) is 0 Å². The van der Waals surface area contributed by atoms with Crippen molar-refractivity contribution in [1.82, 2.24) is 9.63 Å². The van der Waals surface area contributed by atoms with Crippen LogP contribution in [0.1, 0.15) is 5.56 Å². The lowest BCUT2D eigenvalue weighted by Crippen LogP contribution is -2.19. The number of likely N-dealkylation sites (N-methyl/N-ethyl adjacent to an activating group) is 1. The molecule has 0 unspecified atom stereocenters. The summed E-state index contributed by atoms with van der Waals surface area (Å²) in [5, 5.41) is 9.27. The maximum absolute atomic E-state index is 13.6. The van der Waals surface area contributed by atoms with E-state index in [0.717, 1.165) is 10.6 Å². The highest BCUT2D eigenvalue weighted by molar-refractivity contribution is 5.90. The van der Waals surface area contributed by atoms with E-state index in [-0.39, 0.29) is 0 Å². The molecule has 110 valence electrons. The molecule has 4 nitrogen and oxygen atoms in total. The summed E-state index contributed by atoms with van der Waals surface area (Å²) in [5.41, 5.74) is 0.0648. The zero-order chi connectivity index (χ0) is 15.6. The van der Waals surface area contributed by atoms with E-state index >= 15 is 0 Å². The van der Waals surface area contributed by atoms with E-state index in [0.29, 0.717) is 22.8 Å². The number of hydroxylamine groups is 2. The number of hydrogen-bond donors (Lipinski definition) is 1. The number of amides is 1. The maximum atomic E-state index is 13.6. The highest BCUT2D eigenvalue weighted by Crippen LogP contribution is 2.20. The molecular weight excluding hydrogens is 285 g/mol. The Bertz CT molecular complexity index is 685. The second kappa shape index (κ2) is 5.84. The lowest BCUT2D eigenvalue weighted by Gasteiger charge is -2.06. The van der Waals surface area contributed by atoms with Crippen LogP contribution < -0.4 is 0 Å². The molecule has 0 fully saturated rings. The number of carbonyl (C=O) groups is 1. The Hall–Kier alpha value is -2.54. The first-order chi connectivity index (χ1) is 9.88. The molecule has 0 aliphatic heterocycles. The molecule has 1 amide bonds. The van der Waals surface area contributed by atoms with Crippen LogP contribution in [0.15, 0.2) is 36.7 Å². The maximum Gasteiger partial charge on any atom is 0.269 e. The quantitative estimate of drug-likeness (QED) is 0.538. The molecule has 21 heavy (non-hydrogen) atoms. The molecule has 1 aromatic carbocycles. The van der Waals surface area contributed by atoms with E-state index in [2.05, 4.69) is 0 Å². The van der Waals surface area contributed by atoms with Gasteiger partial charge in [0.2, 0.25) is 0 Å². The molecule has 0 aliphatic rings. The van der Waals surface area contributed by atoms with Crippen LogP contribution in [0.4, 0.5) is 13.2 Å². The van der Waals surface area contributed by atoms with E-state index in [1.807, 2.05) is 0 Å². The molecule has 1 N–H and O–H groups in total. The predicted molar refractivity (Wildman–Crippen MR) is 69.2 cm³/mol. The summed E-state index contributed by atoms with van der Waals surface area (Å²) in [7, 11) is 1.17. The van der Waals surface area contributed by atoms with E-state index in [1.165, 1.54) is 31.6 Å². The normalized spacial score (nSPS) is 11.1. The first-order valence-electron chi connectivity index (χ1n) is 5.86. The molecular formula is C14H11F3N2O2. The van der Waals surface area contributed by atoms with Crippen molar-refractivity contribution < 1.29 is 23.2 Å². The largest absolute Gasteiger partial charge is 0.318 e. The fourth-order valence-electron chi connectivity index (χ4n) is 1.71. The van der Waals surface area contributed by atoms with Crippen molar-refractivity contribution in [2.75, 3.05) is 7.05 Å². The Kier molecular flexibility index (Phi) is 4.13. The minimum absolute atomic E-state index is 0.396. The minimum atomic E-state index is -1.04. The van der Waals surface area contributed by atoms with Gasteiger partial charge in [0.1, 0.15) is 11.5 Å². The molecule has 0 saturated heterocycles. The fourth-order valence-corrected chi connectivity index (χ4v) is 1.71. The van der Waals surface area contributed by atoms with Gasteiger partial charge >= 0.3 is 0 Å². The van der Waals surface area contributed by atoms with Crippen molar-refractivity contribution in [3.63, 3.8) is 0 Å². The van der Waals surface area contributed by atoms with Gasteiger partial charge in [-0.1, -0.05) is 0 Å². The summed E-state index contributed by atoms with van der Waals surface area (Å²) in [6.45, 7) is 0. The molecule has 0 spiro atoms. The monoisotopic (exact) mass is 296 g/mol. The van der Waals surface area contributed by atoms with Crippen molar-refractivity contribution in [2.45, 2.75) is 0 Å². The average molecular weight is 296 g/mol.